The number of hydrogen-bond donors (Lipinski definition) is 2. The van der Waals surface area contributed by atoms with Crippen LogP contribution in [0.3, 0.4) is 0 Å². The Morgan fingerprint density at radius 1 is 1.09 bits per heavy atom. The van der Waals surface area contributed by atoms with Crippen LogP contribution >= 0.6 is 0 Å². The van der Waals surface area contributed by atoms with Crippen LogP contribution in [-0.2, 0) is 0 Å². The minimum atomic E-state index is -1.49. The number of carboxylic acid groups (broad SMARTS) is 1. The number of aromatic carboxylic acids is 1. The van der Waals surface area contributed by atoms with E-state index in [1.807, 2.05) is 0 Å². The average Bonchev–Trinajstić information content (AvgIpc) is 2.48. The van der Waals surface area contributed by atoms with Gasteiger partial charge in [-0.25, -0.2) is 4.79 Å². The van der Waals surface area contributed by atoms with Crippen LogP contribution in [0.5, 0.6) is 0 Å². The summed E-state index contributed by atoms with van der Waals surface area (Å²) >= 11 is 0. The van der Waals surface area contributed by atoms with E-state index in [4.69, 9.17) is 5.11 Å². The zero-order valence-electron chi connectivity index (χ0n) is 11.8. The minimum Gasteiger partial charge on any atom is -0.478 e. The fourth-order valence-electron chi connectivity index (χ4n) is 2.00. The molecule has 0 amide bonds. The highest BCUT2D eigenvalue weighted by Gasteiger charge is 2.29. The van der Waals surface area contributed by atoms with Crippen molar-refractivity contribution >= 4 is 28.7 Å². The number of anilines is 2. The van der Waals surface area contributed by atoms with Crippen molar-refractivity contribution in [3.05, 3.63) is 67.8 Å². The molecule has 2 aromatic carbocycles. The van der Waals surface area contributed by atoms with E-state index in [0.29, 0.717) is 5.69 Å². The number of nitro groups is 2. The summed E-state index contributed by atoms with van der Waals surface area (Å²) in [5.74, 6) is -1.49. The average molecular weight is 317 g/mol. The second kappa shape index (κ2) is 6.10. The highest BCUT2D eigenvalue weighted by atomic mass is 16.6. The molecule has 0 aliphatic heterocycles. The smallest absolute Gasteiger partial charge is 0.336 e. The first-order chi connectivity index (χ1) is 10.8. The zero-order chi connectivity index (χ0) is 17.1. The van der Waals surface area contributed by atoms with Gasteiger partial charge in [0.15, 0.2) is 5.69 Å². The molecule has 2 N–H and O–H groups in total. The number of aryl methyl sites for hydroxylation is 1. The highest BCUT2D eigenvalue weighted by molar-refractivity contribution is 5.93. The number of nitro benzene ring substituents is 2. The van der Waals surface area contributed by atoms with Gasteiger partial charge in [-0.15, -0.1) is 0 Å². The van der Waals surface area contributed by atoms with Gasteiger partial charge in [-0.2, -0.15) is 0 Å². The van der Waals surface area contributed by atoms with Gasteiger partial charge in [0.1, 0.15) is 0 Å². The van der Waals surface area contributed by atoms with Crippen molar-refractivity contribution in [1.82, 2.24) is 0 Å². The van der Waals surface area contributed by atoms with Gasteiger partial charge in [0, 0.05) is 17.8 Å². The number of nitrogens with one attached hydrogen (secondary N) is 1. The number of benzene rings is 2. The van der Waals surface area contributed by atoms with Gasteiger partial charge in [-0.3, -0.25) is 20.2 Å². The van der Waals surface area contributed by atoms with Crippen molar-refractivity contribution in [1.29, 1.82) is 0 Å². The summed E-state index contributed by atoms with van der Waals surface area (Å²) in [5, 5.41) is 34.0. The van der Waals surface area contributed by atoms with Crippen LogP contribution in [0, 0.1) is 27.2 Å². The Kier molecular flexibility index (Phi) is 4.21. The molecular weight excluding hydrogens is 306 g/mol. The molecule has 2 aromatic rings. The van der Waals surface area contributed by atoms with Crippen molar-refractivity contribution in [3.8, 4) is 0 Å². The molecule has 0 aliphatic rings. The Hall–Kier alpha value is -3.49. The molecule has 0 unspecified atom stereocenters. The van der Waals surface area contributed by atoms with Gasteiger partial charge < -0.3 is 10.4 Å². The molecule has 0 saturated heterocycles. The lowest BCUT2D eigenvalue weighted by molar-refractivity contribution is -0.392. The van der Waals surface area contributed by atoms with E-state index in [-0.39, 0.29) is 5.69 Å². The fraction of sp³-hybridized carbons (Fsp3) is 0.0714. The molecule has 0 radical (unpaired) electrons. The quantitative estimate of drug-likeness (QED) is 0.638. The van der Waals surface area contributed by atoms with E-state index in [0.717, 1.165) is 17.7 Å². The van der Waals surface area contributed by atoms with Crippen LogP contribution in [0.2, 0.25) is 0 Å². The zero-order valence-corrected chi connectivity index (χ0v) is 11.8. The minimum absolute atomic E-state index is 0.362. The first-order valence-electron chi connectivity index (χ1n) is 6.34. The second-order valence-electron chi connectivity index (χ2n) is 4.65. The van der Waals surface area contributed by atoms with Crippen LogP contribution in [-0.4, -0.2) is 20.9 Å². The predicted octanol–water partition coefficient (Wildman–Crippen LogP) is 3.25. The summed E-state index contributed by atoms with van der Waals surface area (Å²) in [6.45, 7) is 1.73. The molecule has 0 fully saturated rings. The van der Waals surface area contributed by atoms with E-state index in [1.54, 1.807) is 31.2 Å². The number of nitrogens with zero attached hydrogens (tertiary/aromatic N) is 2. The molecule has 9 heteroatoms. The number of carbonyl (C=O) groups is 1. The predicted molar refractivity (Wildman–Crippen MR) is 81.2 cm³/mol. The Labute approximate surface area is 129 Å². The molecule has 23 heavy (non-hydrogen) atoms. The third kappa shape index (κ3) is 3.23. The lowest BCUT2D eigenvalue weighted by atomic mass is 10.1. The van der Waals surface area contributed by atoms with Gasteiger partial charge >= 0.3 is 17.3 Å². The summed E-state index contributed by atoms with van der Waals surface area (Å²) in [4.78, 5) is 31.7. The molecule has 0 heterocycles. The van der Waals surface area contributed by atoms with Gasteiger partial charge in [0.2, 0.25) is 0 Å². The summed E-state index contributed by atoms with van der Waals surface area (Å²) in [7, 11) is 0. The van der Waals surface area contributed by atoms with Crippen molar-refractivity contribution in [2.24, 2.45) is 0 Å². The third-order valence-electron chi connectivity index (χ3n) is 3.14. The first kappa shape index (κ1) is 15.9. The Morgan fingerprint density at radius 3 is 2.04 bits per heavy atom. The largest absolute Gasteiger partial charge is 0.478 e. The summed E-state index contributed by atoms with van der Waals surface area (Å²) in [6.07, 6.45) is 0. The van der Waals surface area contributed by atoms with Crippen LogP contribution < -0.4 is 5.32 Å². The topological polar surface area (TPSA) is 136 Å². The van der Waals surface area contributed by atoms with Gasteiger partial charge in [-0.1, -0.05) is 18.2 Å². The second-order valence-corrected chi connectivity index (χ2v) is 4.65. The van der Waals surface area contributed by atoms with Crippen molar-refractivity contribution < 1.29 is 19.7 Å². The monoisotopic (exact) mass is 317 g/mol. The summed E-state index contributed by atoms with van der Waals surface area (Å²) in [6, 6.07) is 8.32. The molecule has 0 aromatic heterocycles. The van der Waals surface area contributed by atoms with Crippen LogP contribution in [0.25, 0.3) is 0 Å². The molecule has 0 atom stereocenters. The van der Waals surface area contributed by atoms with Gasteiger partial charge in [0.05, 0.1) is 15.4 Å². The molecule has 118 valence electrons. The SMILES string of the molecule is Cc1ccccc1Nc1c([N+](=O)[O-])cc(C(=O)O)cc1[N+](=O)[O-]. The van der Waals surface area contributed by atoms with E-state index in [2.05, 4.69) is 5.32 Å². The van der Waals surface area contributed by atoms with Gasteiger partial charge in [-0.05, 0) is 18.6 Å². The van der Waals surface area contributed by atoms with Crippen molar-refractivity contribution in [2.45, 2.75) is 6.92 Å². The number of carboxylic acids is 1. The van der Waals surface area contributed by atoms with Crippen molar-refractivity contribution in [3.63, 3.8) is 0 Å². The fourth-order valence-corrected chi connectivity index (χ4v) is 2.00. The third-order valence-corrected chi connectivity index (χ3v) is 3.14. The van der Waals surface area contributed by atoms with E-state index >= 15 is 0 Å². The Bertz CT molecular complexity index is 783. The van der Waals surface area contributed by atoms with E-state index in [1.165, 1.54) is 0 Å². The molecule has 0 saturated carbocycles. The first-order valence-corrected chi connectivity index (χ1v) is 6.34. The lowest BCUT2D eigenvalue weighted by Gasteiger charge is -2.10. The number of para-hydroxylation sites is 1. The Balaban J connectivity index is 2.69. The molecule has 0 aliphatic carbocycles. The molecule has 0 bridgehead atoms. The van der Waals surface area contributed by atoms with Crippen LogP contribution in [0.4, 0.5) is 22.7 Å². The number of hydrogen-bond acceptors (Lipinski definition) is 6. The molecular formula is C14H11N3O6. The normalized spacial score (nSPS) is 10.1. The maximum atomic E-state index is 11.2. The standard InChI is InChI=1S/C14H11N3O6/c1-8-4-2-3-5-10(8)15-13-11(16(20)21)6-9(14(18)19)7-12(13)17(22)23/h2-7,15H,1H3,(H,18,19). The van der Waals surface area contributed by atoms with E-state index < -0.39 is 32.8 Å². The molecule has 0 spiro atoms. The molecule has 9 nitrogen and oxygen atoms in total. The Morgan fingerprint density at radius 2 is 1.61 bits per heavy atom. The summed E-state index contributed by atoms with van der Waals surface area (Å²) in [5.41, 5.74) is -1.09. The highest BCUT2D eigenvalue weighted by Crippen LogP contribution is 2.38. The maximum absolute atomic E-state index is 11.2. The summed E-state index contributed by atoms with van der Waals surface area (Å²) < 4.78 is 0. The van der Waals surface area contributed by atoms with E-state index in [9.17, 15) is 25.0 Å². The van der Waals surface area contributed by atoms with Crippen molar-refractivity contribution in [2.75, 3.05) is 5.32 Å². The van der Waals surface area contributed by atoms with Crippen LogP contribution in [0.15, 0.2) is 36.4 Å². The van der Waals surface area contributed by atoms with Crippen LogP contribution in [0.1, 0.15) is 15.9 Å². The van der Waals surface area contributed by atoms with Gasteiger partial charge in [0.25, 0.3) is 0 Å². The lowest BCUT2D eigenvalue weighted by Crippen LogP contribution is -2.06. The maximum Gasteiger partial charge on any atom is 0.336 e. The number of rotatable bonds is 5. The molecule has 2 rings (SSSR count).